The number of carbonyl (C=O) groups is 1. The molecule has 0 radical (unpaired) electrons. The van der Waals surface area contributed by atoms with Crippen LogP contribution in [0.4, 0.5) is 0 Å². The Labute approximate surface area is 96.0 Å². The van der Waals surface area contributed by atoms with E-state index in [4.69, 9.17) is 4.84 Å². The molecule has 0 spiro atoms. The van der Waals surface area contributed by atoms with Crippen molar-refractivity contribution in [1.29, 1.82) is 0 Å². The Morgan fingerprint density at radius 3 is 2.44 bits per heavy atom. The molecule has 1 saturated heterocycles. The molecule has 3 nitrogen and oxygen atoms in total. The molecule has 3 heteroatoms. The van der Waals surface area contributed by atoms with E-state index in [2.05, 4.69) is 31.2 Å². The molecule has 0 aromatic heterocycles. The molecule has 2 atom stereocenters. The highest BCUT2D eigenvalue weighted by molar-refractivity contribution is 5.81. The normalized spacial score (nSPS) is 25.2. The molecule has 1 heterocycles. The Morgan fingerprint density at radius 2 is 1.94 bits per heavy atom. The first-order valence-corrected chi connectivity index (χ1v) is 5.55. The molecule has 1 aliphatic heterocycles. The molecule has 16 heavy (non-hydrogen) atoms. The van der Waals surface area contributed by atoms with Crippen LogP contribution in [0.1, 0.15) is 24.0 Å². The highest BCUT2D eigenvalue weighted by Crippen LogP contribution is 2.33. The second-order valence-corrected chi connectivity index (χ2v) is 4.39. The van der Waals surface area contributed by atoms with E-state index in [9.17, 15) is 4.79 Å². The van der Waals surface area contributed by atoms with Crippen molar-refractivity contribution >= 4 is 5.91 Å². The minimum Gasteiger partial charge on any atom is -0.274 e. The lowest BCUT2D eigenvalue weighted by Gasteiger charge is -2.13. The summed E-state index contributed by atoms with van der Waals surface area (Å²) in [7, 11) is 1.54. The molecule has 0 N–H and O–H groups in total. The lowest BCUT2D eigenvalue weighted by atomic mass is 9.90. The third-order valence-corrected chi connectivity index (χ3v) is 3.33. The molecular weight excluding hydrogens is 202 g/mol. The van der Waals surface area contributed by atoms with Crippen LogP contribution in [0, 0.1) is 12.8 Å². The molecule has 1 aromatic carbocycles. The average molecular weight is 219 g/mol. The van der Waals surface area contributed by atoms with Crippen LogP contribution < -0.4 is 0 Å². The zero-order chi connectivity index (χ0) is 11.7. The van der Waals surface area contributed by atoms with Crippen molar-refractivity contribution in [2.75, 3.05) is 13.7 Å². The monoisotopic (exact) mass is 219 g/mol. The largest absolute Gasteiger partial charge is 0.274 e. The van der Waals surface area contributed by atoms with Crippen LogP contribution in [0.25, 0.3) is 0 Å². The van der Waals surface area contributed by atoms with E-state index >= 15 is 0 Å². The number of hydrogen-bond donors (Lipinski definition) is 0. The number of nitrogens with zero attached hydrogens (tertiary/aromatic N) is 1. The quantitative estimate of drug-likeness (QED) is 0.762. The fourth-order valence-corrected chi connectivity index (χ4v) is 2.20. The maximum absolute atomic E-state index is 11.8. The predicted octanol–water partition coefficient (Wildman–Crippen LogP) is 2.12. The van der Waals surface area contributed by atoms with E-state index in [-0.39, 0.29) is 17.7 Å². The van der Waals surface area contributed by atoms with Gasteiger partial charge in [-0.25, -0.2) is 5.06 Å². The second-order valence-electron chi connectivity index (χ2n) is 4.39. The molecule has 1 aromatic rings. The van der Waals surface area contributed by atoms with Gasteiger partial charge in [-0.3, -0.25) is 9.63 Å². The van der Waals surface area contributed by atoms with Crippen LogP contribution in [0.5, 0.6) is 0 Å². The average Bonchev–Trinajstić information content (AvgIpc) is 2.57. The number of hydrogen-bond acceptors (Lipinski definition) is 2. The Bertz CT molecular complexity index is 385. The Balaban J connectivity index is 2.23. The zero-order valence-electron chi connectivity index (χ0n) is 9.93. The summed E-state index contributed by atoms with van der Waals surface area (Å²) in [5, 5.41) is 1.45. The summed E-state index contributed by atoms with van der Waals surface area (Å²) in [6.45, 7) is 4.68. The predicted molar refractivity (Wildman–Crippen MR) is 61.8 cm³/mol. The fraction of sp³-hybridized carbons (Fsp3) is 0.462. The van der Waals surface area contributed by atoms with Crippen LogP contribution >= 0.6 is 0 Å². The lowest BCUT2D eigenvalue weighted by Crippen LogP contribution is -2.25. The van der Waals surface area contributed by atoms with Crippen molar-refractivity contribution in [3.8, 4) is 0 Å². The Kier molecular flexibility index (Phi) is 2.97. The smallest absolute Gasteiger partial charge is 0.249 e. The van der Waals surface area contributed by atoms with Gasteiger partial charge in [0.1, 0.15) is 0 Å². The van der Waals surface area contributed by atoms with Gasteiger partial charge in [0.05, 0.1) is 13.7 Å². The third kappa shape index (κ3) is 1.83. The number of amides is 1. The summed E-state index contributed by atoms with van der Waals surface area (Å²) in [6, 6.07) is 8.37. The lowest BCUT2D eigenvalue weighted by molar-refractivity contribution is -0.169. The summed E-state index contributed by atoms with van der Waals surface area (Å²) < 4.78 is 0. The number of benzene rings is 1. The highest BCUT2D eigenvalue weighted by Gasteiger charge is 2.38. The third-order valence-electron chi connectivity index (χ3n) is 3.33. The summed E-state index contributed by atoms with van der Waals surface area (Å²) in [5.74, 6) is 0.323. The van der Waals surface area contributed by atoms with Gasteiger partial charge in [-0.15, -0.1) is 0 Å². The van der Waals surface area contributed by atoms with Crippen LogP contribution in [-0.4, -0.2) is 24.6 Å². The fourth-order valence-electron chi connectivity index (χ4n) is 2.20. The number of hydroxylamine groups is 2. The van der Waals surface area contributed by atoms with Gasteiger partial charge in [0, 0.05) is 11.8 Å². The number of carbonyl (C=O) groups excluding carboxylic acids is 1. The number of rotatable bonds is 2. The standard InChI is InChI=1S/C13H17NO2/c1-9-4-6-11(7-5-9)12-8-14(16-3)13(15)10(12)2/h4-7,10,12H,8H2,1-3H3/t10-,12?/m1/s1. The van der Waals surface area contributed by atoms with Crippen molar-refractivity contribution in [2.24, 2.45) is 5.92 Å². The van der Waals surface area contributed by atoms with E-state index in [1.54, 1.807) is 7.11 Å². The van der Waals surface area contributed by atoms with Gasteiger partial charge >= 0.3 is 0 Å². The summed E-state index contributed by atoms with van der Waals surface area (Å²) in [5.41, 5.74) is 2.45. The van der Waals surface area contributed by atoms with Crippen molar-refractivity contribution in [3.05, 3.63) is 35.4 Å². The van der Waals surface area contributed by atoms with Gasteiger partial charge in [0.25, 0.3) is 0 Å². The second kappa shape index (κ2) is 4.26. The molecule has 1 fully saturated rings. The van der Waals surface area contributed by atoms with E-state index < -0.39 is 0 Å². The summed E-state index contributed by atoms with van der Waals surface area (Å²) in [6.07, 6.45) is 0. The molecule has 86 valence electrons. The van der Waals surface area contributed by atoms with E-state index in [1.165, 1.54) is 16.2 Å². The molecular formula is C13H17NO2. The Hall–Kier alpha value is -1.35. The van der Waals surface area contributed by atoms with Crippen molar-refractivity contribution in [3.63, 3.8) is 0 Å². The van der Waals surface area contributed by atoms with Gasteiger partial charge in [-0.05, 0) is 12.5 Å². The summed E-state index contributed by atoms with van der Waals surface area (Å²) in [4.78, 5) is 16.8. The minimum atomic E-state index is 0.00246. The van der Waals surface area contributed by atoms with Crippen molar-refractivity contribution < 1.29 is 9.63 Å². The topological polar surface area (TPSA) is 29.5 Å². The maximum Gasteiger partial charge on any atom is 0.249 e. The molecule has 0 aliphatic carbocycles. The van der Waals surface area contributed by atoms with Crippen LogP contribution in [0.3, 0.4) is 0 Å². The Morgan fingerprint density at radius 1 is 1.31 bits per heavy atom. The molecule has 2 rings (SSSR count). The van der Waals surface area contributed by atoms with Gasteiger partial charge in [0.15, 0.2) is 0 Å². The first-order chi connectivity index (χ1) is 7.63. The highest BCUT2D eigenvalue weighted by atomic mass is 16.7. The van der Waals surface area contributed by atoms with Crippen molar-refractivity contribution in [1.82, 2.24) is 5.06 Å². The van der Waals surface area contributed by atoms with E-state index in [0.29, 0.717) is 6.54 Å². The molecule has 0 saturated carbocycles. The van der Waals surface area contributed by atoms with Gasteiger partial charge in [0.2, 0.25) is 5.91 Å². The van der Waals surface area contributed by atoms with Crippen LogP contribution in [0.2, 0.25) is 0 Å². The maximum atomic E-state index is 11.8. The minimum absolute atomic E-state index is 0.00246. The SMILES string of the molecule is CON1CC(c2ccc(C)cc2)[C@@H](C)C1=O. The molecule has 1 aliphatic rings. The molecule has 0 bridgehead atoms. The molecule has 1 unspecified atom stereocenters. The van der Waals surface area contributed by atoms with Gasteiger partial charge in [-0.1, -0.05) is 36.8 Å². The van der Waals surface area contributed by atoms with Gasteiger partial charge < -0.3 is 0 Å². The van der Waals surface area contributed by atoms with Crippen LogP contribution in [-0.2, 0) is 9.63 Å². The number of aryl methyl sites for hydroxylation is 1. The van der Waals surface area contributed by atoms with Crippen LogP contribution in [0.15, 0.2) is 24.3 Å². The molecule has 1 amide bonds. The first kappa shape index (κ1) is 11.1. The van der Waals surface area contributed by atoms with Gasteiger partial charge in [-0.2, -0.15) is 0 Å². The summed E-state index contributed by atoms with van der Waals surface area (Å²) >= 11 is 0. The van der Waals surface area contributed by atoms with E-state index in [0.717, 1.165) is 0 Å². The van der Waals surface area contributed by atoms with Crippen molar-refractivity contribution in [2.45, 2.75) is 19.8 Å². The van der Waals surface area contributed by atoms with E-state index in [1.807, 2.05) is 6.92 Å². The first-order valence-electron chi connectivity index (χ1n) is 5.55. The zero-order valence-corrected chi connectivity index (χ0v) is 9.93.